The summed E-state index contributed by atoms with van der Waals surface area (Å²) in [4.78, 5) is 4.41. The molecule has 1 N–H and O–H groups in total. The average molecular weight is 148 g/mol. The first-order valence-corrected chi connectivity index (χ1v) is 3.27. The Labute approximate surface area is 61.0 Å². The molecule has 0 aliphatic rings. The largest absolute Gasteiger partial charge is 0.756 e. The van der Waals surface area contributed by atoms with Gasteiger partial charge in [-0.3, -0.25) is 4.84 Å². The topological polar surface area (TPSA) is 50.8 Å². The molecule has 5 heteroatoms. The predicted molar refractivity (Wildman–Crippen MR) is 38.3 cm³/mol. The minimum absolute atomic E-state index is 0.569. The van der Waals surface area contributed by atoms with E-state index in [-0.39, 0.29) is 0 Å². The lowest BCUT2D eigenvalue weighted by molar-refractivity contribution is -0.139. The fraction of sp³-hybridized carbons (Fsp3) is 1.00. The van der Waals surface area contributed by atoms with Crippen LogP contribution in [0.2, 0.25) is 0 Å². The highest BCUT2D eigenvalue weighted by Crippen LogP contribution is 1.89. The zero-order chi connectivity index (χ0) is 7.98. The maximum Gasteiger partial charge on any atom is 0.0588 e. The Morgan fingerprint density at radius 1 is 1.40 bits per heavy atom. The van der Waals surface area contributed by atoms with Crippen LogP contribution >= 0.6 is 0 Å². The van der Waals surface area contributed by atoms with E-state index in [1.165, 1.54) is 7.11 Å². The molecule has 0 fully saturated rings. The summed E-state index contributed by atoms with van der Waals surface area (Å²) < 4.78 is 0. The van der Waals surface area contributed by atoms with E-state index in [2.05, 4.69) is 10.4 Å². The third-order valence-corrected chi connectivity index (χ3v) is 1.16. The predicted octanol–water partition coefficient (Wildman–Crippen LogP) is 0.109. The van der Waals surface area contributed by atoms with Crippen LogP contribution in [0, 0.1) is 5.21 Å². The minimum Gasteiger partial charge on any atom is -0.756 e. The van der Waals surface area contributed by atoms with Gasteiger partial charge >= 0.3 is 0 Å². The van der Waals surface area contributed by atoms with Gasteiger partial charge in [-0.1, -0.05) is 13.8 Å². The Morgan fingerprint density at radius 3 is 2.20 bits per heavy atom. The summed E-state index contributed by atoms with van der Waals surface area (Å²) in [6.45, 7) is 5.12. The van der Waals surface area contributed by atoms with Gasteiger partial charge in [-0.2, -0.15) is 0 Å². The number of nitrogens with zero attached hydrogens (tertiary/aromatic N) is 2. The molecule has 0 aliphatic heterocycles. The van der Waals surface area contributed by atoms with Crippen molar-refractivity contribution in [3.8, 4) is 0 Å². The number of rotatable bonds is 5. The summed E-state index contributed by atoms with van der Waals surface area (Å²) in [6.07, 6.45) is 0. The molecular weight excluding hydrogens is 134 g/mol. The van der Waals surface area contributed by atoms with Crippen LogP contribution in [0.3, 0.4) is 0 Å². The van der Waals surface area contributed by atoms with Crippen LogP contribution in [0.25, 0.3) is 0 Å². The molecule has 5 nitrogen and oxygen atoms in total. The van der Waals surface area contributed by atoms with Crippen LogP contribution in [0.1, 0.15) is 13.8 Å². The highest BCUT2D eigenvalue weighted by atomic mass is 16.8. The van der Waals surface area contributed by atoms with Gasteiger partial charge in [0.15, 0.2) is 0 Å². The summed E-state index contributed by atoms with van der Waals surface area (Å²) >= 11 is 0. The quantitative estimate of drug-likeness (QED) is 0.561. The van der Waals surface area contributed by atoms with Crippen molar-refractivity contribution < 1.29 is 4.84 Å². The van der Waals surface area contributed by atoms with Gasteiger partial charge < -0.3 is 5.21 Å². The Bertz CT molecular complexity index is 77.3. The Balaban J connectivity index is 3.53. The van der Waals surface area contributed by atoms with E-state index < -0.39 is 0 Å². The number of hydrogen-bond acceptors (Lipinski definition) is 5. The number of hydrogen-bond donors (Lipinski definition) is 1. The first kappa shape index (κ1) is 9.80. The van der Waals surface area contributed by atoms with Crippen molar-refractivity contribution in [2.45, 2.75) is 13.8 Å². The van der Waals surface area contributed by atoms with Crippen LogP contribution in [0.4, 0.5) is 0 Å². The van der Waals surface area contributed by atoms with Crippen LogP contribution < -0.4 is 5.59 Å². The van der Waals surface area contributed by atoms with Crippen LogP contribution in [0.5, 0.6) is 0 Å². The second-order valence-electron chi connectivity index (χ2n) is 1.71. The molecule has 0 aliphatic carbocycles. The summed E-state index contributed by atoms with van der Waals surface area (Å²) in [5.74, 6) is 0. The summed E-state index contributed by atoms with van der Waals surface area (Å²) in [7, 11) is 1.40. The van der Waals surface area contributed by atoms with E-state index in [4.69, 9.17) is 0 Å². The molecule has 0 aromatic carbocycles. The molecule has 0 amide bonds. The lowest BCUT2D eigenvalue weighted by atomic mass is 10.6. The van der Waals surface area contributed by atoms with Crippen molar-refractivity contribution in [3.05, 3.63) is 5.21 Å². The lowest BCUT2D eigenvalue weighted by Gasteiger charge is -2.37. The zero-order valence-electron chi connectivity index (χ0n) is 6.63. The van der Waals surface area contributed by atoms with Gasteiger partial charge in [0.25, 0.3) is 0 Å². The van der Waals surface area contributed by atoms with Gasteiger partial charge in [0.05, 0.1) is 7.11 Å². The lowest BCUT2D eigenvalue weighted by Crippen LogP contribution is -2.46. The first-order chi connectivity index (χ1) is 4.76. The maximum absolute atomic E-state index is 10.8. The number of nitrogens with one attached hydrogen (secondary N) is 1. The second kappa shape index (κ2) is 5.57. The molecule has 0 rings (SSSR count). The van der Waals surface area contributed by atoms with E-state index in [1.807, 2.05) is 13.8 Å². The summed E-state index contributed by atoms with van der Waals surface area (Å²) in [5, 5.41) is 12.9. The third-order valence-electron chi connectivity index (χ3n) is 1.16. The van der Waals surface area contributed by atoms with E-state index >= 15 is 0 Å². The van der Waals surface area contributed by atoms with Crippen LogP contribution in [0.15, 0.2) is 0 Å². The summed E-state index contributed by atoms with van der Waals surface area (Å²) in [5.41, 5.74) is 2.15. The third kappa shape index (κ3) is 3.09. The van der Waals surface area contributed by atoms with Crippen molar-refractivity contribution in [2.75, 3.05) is 20.2 Å². The molecule has 0 spiro atoms. The normalized spacial score (nSPS) is 11.4. The fourth-order valence-corrected chi connectivity index (χ4v) is 0.616. The molecule has 0 unspecified atom stereocenters. The van der Waals surface area contributed by atoms with Gasteiger partial charge in [0.2, 0.25) is 0 Å². The summed E-state index contributed by atoms with van der Waals surface area (Å²) in [6, 6.07) is 0. The second-order valence-corrected chi connectivity index (χ2v) is 1.71. The first-order valence-electron chi connectivity index (χ1n) is 3.27. The number of hydrazine groups is 2. The van der Waals surface area contributed by atoms with Gasteiger partial charge in [-0.25, -0.2) is 10.3 Å². The van der Waals surface area contributed by atoms with Crippen molar-refractivity contribution in [3.63, 3.8) is 0 Å². The zero-order valence-corrected chi connectivity index (χ0v) is 6.63. The van der Waals surface area contributed by atoms with Crippen LogP contribution in [-0.2, 0) is 4.84 Å². The van der Waals surface area contributed by atoms with E-state index in [0.717, 1.165) is 0 Å². The molecule has 62 valence electrons. The van der Waals surface area contributed by atoms with Crippen molar-refractivity contribution in [2.24, 2.45) is 0 Å². The van der Waals surface area contributed by atoms with Gasteiger partial charge in [0, 0.05) is 13.1 Å². The molecule has 0 aromatic heterocycles. The molecule has 0 saturated carbocycles. The molecule has 0 aromatic rings. The maximum atomic E-state index is 10.8. The fourth-order valence-electron chi connectivity index (χ4n) is 0.616. The molecule has 0 heterocycles. The molecule has 0 atom stereocenters. The van der Waals surface area contributed by atoms with E-state index in [1.54, 1.807) is 5.01 Å². The van der Waals surface area contributed by atoms with Crippen molar-refractivity contribution in [1.29, 1.82) is 0 Å². The Morgan fingerprint density at radius 2 is 1.90 bits per heavy atom. The highest BCUT2D eigenvalue weighted by molar-refractivity contribution is 4.44. The minimum atomic E-state index is 0.569. The molecule has 0 bridgehead atoms. The Hall–Kier alpha value is -0.200. The average Bonchev–Trinajstić information content (AvgIpc) is 1.91. The van der Waals surface area contributed by atoms with E-state index in [0.29, 0.717) is 18.4 Å². The smallest absolute Gasteiger partial charge is 0.0588 e. The monoisotopic (exact) mass is 148 g/mol. The molecule has 0 saturated heterocycles. The van der Waals surface area contributed by atoms with Crippen LogP contribution in [-0.4, -0.2) is 30.5 Å². The van der Waals surface area contributed by atoms with Crippen molar-refractivity contribution in [1.82, 2.24) is 15.9 Å². The van der Waals surface area contributed by atoms with Crippen molar-refractivity contribution >= 4 is 0 Å². The van der Waals surface area contributed by atoms with Gasteiger partial charge in [-0.15, -0.1) is 5.59 Å². The molecular formula is C5H14N3O2-. The SMILES string of the molecule is CCN(CC)N([O-])NOC. The Kier molecular flexibility index (Phi) is 5.46. The van der Waals surface area contributed by atoms with Gasteiger partial charge in [0.1, 0.15) is 0 Å². The standard InChI is InChI=1S/C5H14N3O2/c1-4-7(5-2)8(9)6-10-3/h6H,4-5H2,1-3H3/q-1. The van der Waals surface area contributed by atoms with E-state index in [9.17, 15) is 5.21 Å². The molecule has 0 radical (unpaired) electrons. The highest BCUT2D eigenvalue weighted by Gasteiger charge is 1.98. The molecule has 10 heavy (non-hydrogen) atoms. The van der Waals surface area contributed by atoms with Gasteiger partial charge in [-0.05, 0) is 0 Å².